The highest BCUT2D eigenvalue weighted by Crippen LogP contribution is 2.56. The predicted molar refractivity (Wildman–Crippen MR) is 102 cm³/mol. The number of phosphoric acid groups is 1. The molecule has 4 rings (SSSR count). The molecule has 174 valence electrons. The molecule has 0 saturated carbocycles. The summed E-state index contributed by atoms with van der Waals surface area (Å²) in [5, 5.41) is 9.70. The summed E-state index contributed by atoms with van der Waals surface area (Å²) in [5.74, 6) is 0.136. The maximum absolute atomic E-state index is 14.8. The Labute approximate surface area is 182 Å². The number of aliphatic hydroxyl groups is 1. The predicted octanol–water partition coefficient (Wildman–Crippen LogP) is 2.16. The second kappa shape index (κ2) is 8.32. The number of hydrogen-bond donors (Lipinski definition) is 2. The fraction of sp³-hybridized carbons (Fsp3) is 0.412. The number of para-hydroxylation sites is 1. The zero-order valence-electron chi connectivity index (χ0n) is 15.8. The van der Waals surface area contributed by atoms with E-state index in [2.05, 4.69) is 0 Å². The number of halogens is 4. The van der Waals surface area contributed by atoms with E-state index in [0.717, 1.165) is 0 Å². The molecule has 2 N–H and O–H groups in total. The zero-order valence-corrected chi connectivity index (χ0v) is 17.5. The molecule has 15 heteroatoms. The third kappa shape index (κ3) is 3.89. The molecule has 0 spiro atoms. The Morgan fingerprint density at radius 2 is 2.09 bits per heavy atom. The summed E-state index contributed by atoms with van der Waals surface area (Å²) in [4.78, 5) is 25.2. The van der Waals surface area contributed by atoms with Crippen molar-refractivity contribution in [3.8, 4) is 5.75 Å². The van der Waals surface area contributed by atoms with E-state index in [4.69, 9.17) is 29.9 Å². The lowest BCUT2D eigenvalue weighted by atomic mass is 9.97. The van der Waals surface area contributed by atoms with E-state index in [1.807, 2.05) is 0 Å². The molecule has 3 heterocycles. The highest BCUT2D eigenvalue weighted by Gasteiger charge is 2.62. The maximum atomic E-state index is 14.8. The molecule has 2 aliphatic heterocycles. The van der Waals surface area contributed by atoms with Crippen molar-refractivity contribution < 1.29 is 41.2 Å². The molecule has 2 aliphatic rings. The zero-order chi connectivity index (χ0) is 23.3. The number of aliphatic hydroxyl groups excluding tert-OH is 1. The van der Waals surface area contributed by atoms with E-state index in [-0.39, 0.29) is 12.4 Å². The molecule has 1 aromatic carbocycles. The number of alkyl halides is 3. The Balaban J connectivity index is 1.60. The van der Waals surface area contributed by atoms with Crippen molar-refractivity contribution in [3.05, 3.63) is 61.9 Å². The number of ether oxygens (including phenoxy) is 1. The molecule has 0 radical (unpaired) electrons. The molecule has 0 aliphatic carbocycles. The average molecular weight is 499 g/mol. The van der Waals surface area contributed by atoms with Gasteiger partial charge in [0.1, 0.15) is 16.9 Å². The van der Waals surface area contributed by atoms with Gasteiger partial charge >= 0.3 is 13.5 Å². The van der Waals surface area contributed by atoms with Gasteiger partial charge in [-0.15, -0.1) is 0 Å². The van der Waals surface area contributed by atoms with Crippen LogP contribution in [0.25, 0.3) is 0 Å². The van der Waals surface area contributed by atoms with E-state index >= 15 is 0 Å². The molecule has 1 saturated heterocycles. The van der Waals surface area contributed by atoms with E-state index in [9.17, 15) is 32.4 Å². The molecule has 2 aromatic rings. The number of rotatable bonds is 5. The molecular weight excluding hydrogens is 484 g/mol. The van der Waals surface area contributed by atoms with Crippen LogP contribution in [-0.4, -0.2) is 45.6 Å². The van der Waals surface area contributed by atoms with Crippen LogP contribution < -0.4 is 15.8 Å². The second-order valence-electron chi connectivity index (χ2n) is 6.99. The Morgan fingerprint density at radius 3 is 2.81 bits per heavy atom. The summed E-state index contributed by atoms with van der Waals surface area (Å²) >= 11 is 5.62. The van der Waals surface area contributed by atoms with Crippen LogP contribution in [0, 0.1) is 0 Å². The van der Waals surface area contributed by atoms with E-state index in [0.29, 0.717) is 16.3 Å². The Bertz CT molecular complexity index is 1190. The molecule has 5 unspecified atom stereocenters. The van der Waals surface area contributed by atoms with Crippen molar-refractivity contribution in [1.29, 1.82) is 0 Å². The quantitative estimate of drug-likeness (QED) is 0.600. The summed E-state index contributed by atoms with van der Waals surface area (Å²) in [5.41, 5.74) is -4.72. The minimum absolute atomic E-state index is 0.136. The molecule has 0 bridgehead atoms. The largest absolute Gasteiger partial charge is 0.530 e. The van der Waals surface area contributed by atoms with Gasteiger partial charge in [-0.3, -0.25) is 23.4 Å². The standard InChI is InChI=1S/C17H15ClF3N2O8P/c18-9-5-23(16(26)22-13(9)25)14-11(19)12(24)17(30-14,15(20)21)7-29-32(27)28-6-8-3-1-2-4-10(8)31-32/h1-5,11-12,14-15,24H,6-7H2,(H,22,25,26). The van der Waals surface area contributed by atoms with Gasteiger partial charge in [-0.25, -0.2) is 22.5 Å². The van der Waals surface area contributed by atoms with Crippen molar-refractivity contribution >= 4 is 19.4 Å². The highest BCUT2D eigenvalue weighted by molar-refractivity contribution is 7.49. The molecule has 1 aromatic heterocycles. The maximum Gasteiger partial charge on any atom is 0.530 e. The van der Waals surface area contributed by atoms with Gasteiger partial charge in [0, 0.05) is 11.8 Å². The monoisotopic (exact) mass is 498 g/mol. The van der Waals surface area contributed by atoms with Gasteiger partial charge in [-0.05, 0) is 6.07 Å². The SMILES string of the molecule is O=c1[nH]c(=O)n(C2OC(COP3(=O)OCc4ccccc4O3)(C(F)F)C(O)C2F)cc1Cl. The summed E-state index contributed by atoms with van der Waals surface area (Å²) in [6, 6.07) is 6.32. The van der Waals surface area contributed by atoms with Crippen LogP contribution in [0.1, 0.15) is 11.8 Å². The van der Waals surface area contributed by atoms with Crippen molar-refractivity contribution in [3.63, 3.8) is 0 Å². The highest BCUT2D eigenvalue weighted by atomic mass is 35.5. The number of fused-ring (bicyclic) bond motifs is 1. The minimum Gasteiger partial charge on any atom is -0.404 e. The normalized spacial score (nSPS) is 32.0. The van der Waals surface area contributed by atoms with Crippen molar-refractivity contribution in [2.45, 2.75) is 37.1 Å². The number of benzene rings is 1. The lowest BCUT2D eigenvalue weighted by Crippen LogP contribution is -2.52. The number of nitrogens with one attached hydrogen (secondary N) is 1. The van der Waals surface area contributed by atoms with Crippen LogP contribution in [0.3, 0.4) is 0 Å². The van der Waals surface area contributed by atoms with Crippen LogP contribution in [0.2, 0.25) is 5.02 Å². The Morgan fingerprint density at radius 1 is 1.38 bits per heavy atom. The fourth-order valence-electron chi connectivity index (χ4n) is 3.26. The van der Waals surface area contributed by atoms with Gasteiger partial charge in [0.05, 0.1) is 13.2 Å². The fourth-order valence-corrected chi connectivity index (χ4v) is 4.67. The molecule has 32 heavy (non-hydrogen) atoms. The topological polar surface area (TPSA) is 129 Å². The smallest absolute Gasteiger partial charge is 0.404 e. The van der Waals surface area contributed by atoms with E-state index in [1.165, 1.54) is 6.07 Å². The van der Waals surface area contributed by atoms with Gasteiger partial charge < -0.3 is 14.4 Å². The molecular formula is C17H15ClF3N2O8P. The van der Waals surface area contributed by atoms with E-state index < -0.39 is 61.2 Å². The van der Waals surface area contributed by atoms with Crippen molar-refractivity contribution in [1.82, 2.24) is 9.55 Å². The number of aromatic nitrogens is 2. The average Bonchev–Trinajstić information content (AvgIpc) is 3.01. The van der Waals surface area contributed by atoms with Crippen LogP contribution in [0.15, 0.2) is 40.1 Å². The van der Waals surface area contributed by atoms with Gasteiger partial charge in [0.25, 0.3) is 12.0 Å². The summed E-state index contributed by atoms with van der Waals surface area (Å²) in [7, 11) is -4.43. The van der Waals surface area contributed by atoms with E-state index in [1.54, 1.807) is 23.2 Å². The number of H-pyrrole nitrogens is 1. The van der Waals surface area contributed by atoms with Gasteiger partial charge in [0.2, 0.25) is 0 Å². The Kier molecular flexibility index (Phi) is 5.99. The number of aromatic amines is 1. The molecule has 1 fully saturated rings. The number of phosphoric ester groups is 1. The second-order valence-corrected chi connectivity index (χ2v) is 8.99. The van der Waals surface area contributed by atoms with Crippen LogP contribution >= 0.6 is 19.4 Å². The van der Waals surface area contributed by atoms with Crippen LogP contribution in [0.5, 0.6) is 5.75 Å². The first-order valence-electron chi connectivity index (χ1n) is 9.02. The lowest BCUT2D eigenvalue weighted by molar-refractivity contribution is -0.194. The third-order valence-electron chi connectivity index (χ3n) is 4.99. The Hall–Kier alpha value is -2.15. The van der Waals surface area contributed by atoms with Gasteiger partial charge in [-0.2, -0.15) is 0 Å². The summed E-state index contributed by atoms with van der Waals surface area (Å²) in [6.07, 6.45) is -10.1. The lowest BCUT2D eigenvalue weighted by Gasteiger charge is -2.32. The minimum atomic E-state index is -4.43. The first-order chi connectivity index (χ1) is 15.1. The summed E-state index contributed by atoms with van der Waals surface area (Å²) < 4.78 is 76.1. The van der Waals surface area contributed by atoms with Crippen molar-refractivity contribution in [2.24, 2.45) is 0 Å². The number of hydrogen-bond acceptors (Lipinski definition) is 8. The molecule has 0 amide bonds. The molecule has 10 nitrogen and oxygen atoms in total. The van der Waals surface area contributed by atoms with Gasteiger partial charge in [-0.1, -0.05) is 29.8 Å². The molecule has 5 atom stereocenters. The van der Waals surface area contributed by atoms with Crippen LogP contribution in [0.4, 0.5) is 13.2 Å². The number of nitrogens with zero attached hydrogens (tertiary/aromatic N) is 1. The third-order valence-corrected chi connectivity index (χ3v) is 6.57. The van der Waals surface area contributed by atoms with Gasteiger partial charge in [0.15, 0.2) is 18.0 Å². The van der Waals surface area contributed by atoms with Crippen molar-refractivity contribution in [2.75, 3.05) is 6.61 Å². The first kappa shape index (κ1) is 23.0. The first-order valence-corrected chi connectivity index (χ1v) is 10.9. The van der Waals surface area contributed by atoms with Crippen LogP contribution in [-0.2, 0) is 25.0 Å². The summed E-state index contributed by atoms with van der Waals surface area (Å²) in [6.45, 7) is -1.52.